The number of likely N-dealkylation sites (tertiary alicyclic amines) is 1. The highest BCUT2D eigenvalue weighted by Gasteiger charge is 2.44. The van der Waals surface area contributed by atoms with Crippen LogP contribution < -0.4 is 15.8 Å². The molecule has 1 saturated heterocycles. The van der Waals surface area contributed by atoms with Crippen LogP contribution in [0.15, 0.2) is 42.5 Å². The molecule has 0 aromatic heterocycles. The number of alkyl halides is 6. The highest BCUT2D eigenvalue weighted by atomic mass is 32.2. The van der Waals surface area contributed by atoms with Crippen LogP contribution in [0.3, 0.4) is 0 Å². The number of methoxy groups -OCH3 is 1. The fraction of sp³-hybridized carbons (Fsp3) is 0.567. The van der Waals surface area contributed by atoms with Crippen molar-refractivity contribution in [1.82, 2.24) is 10.2 Å². The standard InChI is InChI=1S/C26H39N3O5S2.2C2HF3O2/c1-17(2)21(11-10-18(27)16-35)25(31)29-15-20(34-19-8-6-5-7-9-19)14-23(29)24(30)28-22(12-13-36-4)26(32)33-3;2*3-2(4,5)1(6)7/h5-11,17-18,20-23,35H,12-16,27H2,1-4H3,(H,28,30);2*(H,6,7)/b11-10+;;/t18-,20+,21-,22+,23+;;/m1../s1. The number of nitrogens with zero attached hydrogens (tertiary/aromatic N) is 1. The number of amides is 2. The van der Waals surface area contributed by atoms with Crippen molar-refractivity contribution in [1.29, 1.82) is 0 Å². The predicted octanol–water partition coefficient (Wildman–Crippen LogP) is 3.80. The van der Waals surface area contributed by atoms with Gasteiger partial charge in [0.25, 0.3) is 0 Å². The van der Waals surface area contributed by atoms with Crippen LogP contribution in [0.2, 0.25) is 0 Å². The van der Waals surface area contributed by atoms with Gasteiger partial charge in [-0.3, -0.25) is 9.59 Å². The highest BCUT2D eigenvalue weighted by molar-refractivity contribution is 7.98. The quantitative estimate of drug-likeness (QED) is 0.0852. The van der Waals surface area contributed by atoms with Gasteiger partial charge in [-0.25, -0.2) is 14.4 Å². The molecule has 12 nitrogen and oxygen atoms in total. The Morgan fingerprint density at radius 3 is 1.98 bits per heavy atom. The maximum Gasteiger partial charge on any atom is 0.490 e. The molecular formula is C30H41F6N3O9S2. The zero-order valence-corrected chi connectivity index (χ0v) is 29.2. The number of nitrogens with two attached hydrogens (primary N) is 1. The second-order valence-corrected chi connectivity index (χ2v) is 12.1. The minimum absolute atomic E-state index is 0.0110. The zero-order valence-electron chi connectivity index (χ0n) is 27.4. The van der Waals surface area contributed by atoms with Crippen LogP contribution in [-0.4, -0.2) is 113 Å². The molecule has 5 N–H and O–H groups in total. The molecule has 1 aromatic rings. The summed E-state index contributed by atoms with van der Waals surface area (Å²) in [6, 6.07) is 7.48. The van der Waals surface area contributed by atoms with E-state index in [-0.39, 0.29) is 30.5 Å². The van der Waals surface area contributed by atoms with Crippen LogP contribution in [0, 0.1) is 11.8 Å². The Bertz CT molecular complexity index is 1250. The number of carboxylic acids is 2. The van der Waals surface area contributed by atoms with Gasteiger partial charge in [0.1, 0.15) is 23.9 Å². The number of thiol groups is 1. The van der Waals surface area contributed by atoms with Crippen LogP contribution in [0.5, 0.6) is 5.75 Å². The molecule has 1 heterocycles. The van der Waals surface area contributed by atoms with Gasteiger partial charge in [0, 0.05) is 18.2 Å². The molecule has 1 fully saturated rings. The molecule has 1 aromatic carbocycles. The van der Waals surface area contributed by atoms with Crippen LogP contribution >= 0.6 is 24.4 Å². The number of carbonyl (C=O) groups excluding carboxylic acids is 3. The van der Waals surface area contributed by atoms with Gasteiger partial charge in [-0.15, -0.1) is 0 Å². The number of nitrogens with one attached hydrogen (secondary N) is 1. The van der Waals surface area contributed by atoms with Crippen molar-refractivity contribution in [2.24, 2.45) is 17.6 Å². The summed E-state index contributed by atoms with van der Waals surface area (Å²) < 4.78 is 74.5. The van der Waals surface area contributed by atoms with Gasteiger partial charge in [-0.1, -0.05) is 44.2 Å². The SMILES string of the molecule is COC(=O)[C@H](CCSC)NC(=O)[C@@H]1C[C@H](Oc2ccccc2)CN1C(=O)[C@H](/C=C/[C@@H](N)CS)C(C)C.O=C(O)C(F)(F)F.O=C(O)C(F)(F)F. The smallest absolute Gasteiger partial charge is 0.488 e. The van der Waals surface area contributed by atoms with Crippen molar-refractivity contribution in [3.8, 4) is 5.75 Å². The number of carboxylic acid groups (broad SMARTS) is 2. The number of benzene rings is 1. The monoisotopic (exact) mass is 765 g/mol. The molecule has 0 bridgehead atoms. The molecule has 0 spiro atoms. The Balaban J connectivity index is 0.00000143. The zero-order chi connectivity index (χ0) is 38.8. The molecule has 0 aliphatic carbocycles. The average Bonchev–Trinajstić information content (AvgIpc) is 3.46. The molecule has 284 valence electrons. The van der Waals surface area contributed by atoms with E-state index in [2.05, 4.69) is 17.9 Å². The second kappa shape index (κ2) is 22.2. The molecule has 0 unspecified atom stereocenters. The van der Waals surface area contributed by atoms with Gasteiger partial charge < -0.3 is 35.6 Å². The van der Waals surface area contributed by atoms with Crippen LogP contribution in [0.1, 0.15) is 26.7 Å². The maximum atomic E-state index is 13.7. The summed E-state index contributed by atoms with van der Waals surface area (Å²) in [6.45, 7) is 4.17. The van der Waals surface area contributed by atoms with Gasteiger partial charge in [0.05, 0.1) is 19.6 Å². The Labute approximate surface area is 294 Å². The number of halogens is 6. The van der Waals surface area contributed by atoms with Gasteiger partial charge in [-0.2, -0.15) is 50.7 Å². The van der Waals surface area contributed by atoms with Crippen LogP contribution in [0.25, 0.3) is 0 Å². The largest absolute Gasteiger partial charge is 0.490 e. The normalized spacial score (nSPS) is 17.7. The number of hydrogen-bond acceptors (Lipinski definition) is 10. The summed E-state index contributed by atoms with van der Waals surface area (Å²) in [5.41, 5.74) is 5.98. The molecule has 50 heavy (non-hydrogen) atoms. The van der Waals surface area contributed by atoms with Crippen LogP contribution in [-0.2, 0) is 28.7 Å². The lowest BCUT2D eigenvalue weighted by Crippen LogP contribution is -2.52. The fourth-order valence-corrected chi connectivity index (χ4v) is 4.66. The van der Waals surface area contributed by atoms with Crippen molar-refractivity contribution in [2.75, 3.05) is 31.4 Å². The van der Waals surface area contributed by atoms with Crippen molar-refractivity contribution >= 4 is 54.1 Å². The topological polar surface area (TPSA) is 186 Å². The summed E-state index contributed by atoms with van der Waals surface area (Å²) in [6.07, 6.45) is -4.26. The number of ether oxygens (including phenoxy) is 2. The number of hydrogen-bond donors (Lipinski definition) is 5. The molecule has 5 atom stereocenters. The third-order valence-electron chi connectivity index (χ3n) is 6.57. The van der Waals surface area contributed by atoms with Gasteiger partial charge in [-0.05, 0) is 36.5 Å². The Morgan fingerprint density at radius 1 is 1.04 bits per heavy atom. The van der Waals surface area contributed by atoms with Crippen molar-refractivity contribution < 1.29 is 70.0 Å². The number of para-hydroxylation sites is 1. The predicted molar refractivity (Wildman–Crippen MR) is 175 cm³/mol. The Hall–Kier alpha value is -3.65. The van der Waals surface area contributed by atoms with Crippen molar-refractivity contribution in [3.05, 3.63) is 42.5 Å². The van der Waals surface area contributed by atoms with Crippen molar-refractivity contribution in [3.63, 3.8) is 0 Å². The third kappa shape index (κ3) is 17.3. The van der Waals surface area contributed by atoms with E-state index in [1.54, 1.807) is 22.7 Å². The van der Waals surface area contributed by atoms with E-state index >= 15 is 0 Å². The van der Waals surface area contributed by atoms with Crippen LogP contribution in [0.4, 0.5) is 26.3 Å². The summed E-state index contributed by atoms with van der Waals surface area (Å²) in [7, 11) is 1.30. The average molecular weight is 766 g/mol. The van der Waals surface area contributed by atoms with E-state index in [4.69, 9.17) is 35.0 Å². The molecule has 0 saturated carbocycles. The molecule has 2 rings (SSSR count). The lowest BCUT2D eigenvalue weighted by molar-refractivity contribution is -0.193. The lowest BCUT2D eigenvalue weighted by atomic mass is 9.93. The molecule has 0 radical (unpaired) electrons. The maximum absolute atomic E-state index is 13.7. The third-order valence-corrected chi connectivity index (χ3v) is 7.64. The van der Waals surface area contributed by atoms with E-state index in [1.807, 2.05) is 56.5 Å². The summed E-state index contributed by atoms with van der Waals surface area (Å²) in [4.78, 5) is 58.8. The number of carbonyl (C=O) groups is 5. The summed E-state index contributed by atoms with van der Waals surface area (Å²) >= 11 is 5.78. The van der Waals surface area contributed by atoms with E-state index in [0.29, 0.717) is 30.1 Å². The Kier molecular flexibility index (Phi) is 20.6. The number of thioether (sulfide) groups is 1. The van der Waals surface area contributed by atoms with E-state index in [1.165, 1.54) is 7.11 Å². The highest BCUT2D eigenvalue weighted by Crippen LogP contribution is 2.28. The van der Waals surface area contributed by atoms with Gasteiger partial charge >= 0.3 is 30.3 Å². The number of esters is 1. The lowest BCUT2D eigenvalue weighted by Gasteiger charge is -2.29. The number of aliphatic carboxylic acids is 2. The number of rotatable bonds is 13. The van der Waals surface area contributed by atoms with E-state index in [0.717, 1.165) is 0 Å². The molecule has 1 aliphatic heterocycles. The second-order valence-electron chi connectivity index (χ2n) is 10.8. The molecule has 20 heteroatoms. The van der Waals surface area contributed by atoms with Gasteiger partial charge in [0.2, 0.25) is 11.8 Å². The molecule has 2 amide bonds. The first kappa shape index (κ1) is 46.4. The summed E-state index contributed by atoms with van der Waals surface area (Å²) in [5, 5.41) is 17.1. The van der Waals surface area contributed by atoms with E-state index in [9.17, 15) is 40.7 Å². The molecular weight excluding hydrogens is 724 g/mol. The molecule has 1 aliphatic rings. The van der Waals surface area contributed by atoms with Crippen molar-refractivity contribution in [2.45, 2.75) is 63.3 Å². The first-order chi connectivity index (χ1) is 23.1. The Morgan fingerprint density at radius 2 is 1.56 bits per heavy atom. The van der Waals surface area contributed by atoms with E-state index < -0.39 is 54.2 Å². The minimum Gasteiger partial charge on any atom is -0.488 e. The van der Waals surface area contributed by atoms with Gasteiger partial charge in [0.15, 0.2) is 0 Å². The summed E-state index contributed by atoms with van der Waals surface area (Å²) in [5.74, 6) is -5.25. The minimum atomic E-state index is -5.08. The first-order valence-corrected chi connectivity index (χ1v) is 16.7. The fourth-order valence-electron chi connectivity index (χ4n) is 4.07. The first-order valence-electron chi connectivity index (χ1n) is 14.6.